The Morgan fingerprint density at radius 1 is 1.36 bits per heavy atom. The summed E-state index contributed by atoms with van der Waals surface area (Å²) in [7, 11) is 0. The monoisotopic (exact) mass is 301 g/mol. The second-order valence-electron chi connectivity index (χ2n) is 5.62. The zero-order valence-electron chi connectivity index (χ0n) is 12.7. The molecule has 0 saturated carbocycles. The van der Waals surface area contributed by atoms with E-state index in [0.29, 0.717) is 18.6 Å². The van der Waals surface area contributed by atoms with E-state index in [4.69, 9.17) is 9.47 Å². The molecular formula is C17H19NO4. The molecule has 2 heterocycles. The molecule has 5 heteroatoms. The van der Waals surface area contributed by atoms with Crippen molar-refractivity contribution < 1.29 is 19.1 Å². The number of aromatic nitrogens is 1. The molecule has 22 heavy (non-hydrogen) atoms. The minimum Gasteiger partial charge on any atom is -0.452 e. The van der Waals surface area contributed by atoms with Crippen LogP contribution in [0.25, 0.3) is 10.9 Å². The predicted octanol–water partition coefficient (Wildman–Crippen LogP) is 2.77. The summed E-state index contributed by atoms with van der Waals surface area (Å²) in [4.78, 5) is 27.8. The molecule has 0 amide bonds. The van der Waals surface area contributed by atoms with Gasteiger partial charge in [0.2, 0.25) is 5.78 Å². The Kier molecular flexibility index (Phi) is 3.98. The summed E-state index contributed by atoms with van der Waals surface area (Å²) in [5, 5.41) is 0.852. The maximum atomic E-state index is 12.7. The van der Waals surface area contributed by atoms with E-state index < -0.39 is 18.2 Å². The van der Waals surface area contributed by atoms with Gasteiger partial charge in [0.15, 0.2) is 12.2 Å². The fourth-order valence-corrected chi connectivity index (χ4v) is 2.86. The van der Waals surface area contributed by atoms with Gasteiger partial charge in [0.1, 0.15) is 0 Å². The molecule has 0 bridgehead atoms. The molecule has 2 atom stereocenters. The number of ketones is 1. The molecule has 1 aromatic heterocycles. The summed E-state index contributed by atoms with van der Waals surface area (Å²) in [5.74, 6) is -0.642. The fourth-order valence-electron chi connectivity index (χ4n) is 2.86. The van der Waals surface area contributed by atoms with Crippen LogP contribution in [-0.4, -0.2) is 35.6 Å². The van der Waals surface area contributed by atoms with Gasteiger partial charge in [-0.05, 0) is 32.8 Å². The lowest BCUT2D eigenvalue weighted by molar-refractivity contribution is -0.156. The van der Waals surface area contributed by atoms with Crippen molar-refractivity contribution in [1.29, 1.82) is 0 Å². The molecule has 2 aromatic rings. The number of Topliss-reactive ketones (excluding diaryl/α,β-unsaturated/α-hetero) is 1. The van der Waals surface area contributed by atoms with E-state index in [2.05, 4.69) is 4.98 Å². The predicted molar refractivity (Wildman–Crippen MR) is 81.9 cm³/mol. The lowest BCUT2D eigenvalue weighted by atomic mass is 10.0. The van der Waals surface area contributed by atoms with Crippen LogP contribution in [0.5, 0.6) is 0 Å². The first-order chi connectivity index (χ1) is 10.6. The third-order valence-electron chi connectivity index (χ3n) is 3.99. The SMILES string of the molecule is Cc1[nH]c2ccccc2c1C(=O)[C@@H](C)OC(=O)[C@H]1CCCO1. The molecule has 3 rings (SSSR count). The van der Waals surface area contributed by atoms with Crippen molar-refractivity contribution in [3.05, 3.63) is 35.5 Å². The van der Waals surface area contributed by atoms with E-state index in [1.807, 2.05) is 31.2 Å². The summed E-state index contributed by atoms with van der Waals surface area (Å²) in [6.07, 6.45) is 0.157. The molecule has 1 aliphatic rings. The molecule has 1 N–H and O–H groups in total. The highest BCUT2D eigenvalue weighted by atomic mass is 16.6. The highest BCUT2D eigenvalue weighted by molar-refractivity contribution is 6.11. The number of para-hydroxylation sites is 1. The van der Waals surface area contributed by atoms with Crippen LogP contribution >= 0.6 is 0 Å². The summed E-state index contributed by atoms with van der Waals surface area (Å²) in [6.45, 7) is 4.03. The molecule has 0 spiro atoms. The Labute approximate surface area is 128 Å². The number of carbonyl (C=O) groups excluding carboxylic acids is 2. The van der Waals surface area contributed by atoms with Gasteiger partial charge in [-0.15, -0.1) is 0 Å². The molecule has 0 radical (unpaired) electrons. The van der Waals surface area contributed by atoms with Gasteiger partial charge in [0, 0.05) is 28.8 Å². The average Bonchev–Trinajstić information content (AvgIpc) is 3.13. The first-order valence-corrected chi connectivity index (χ1v) is 7.51. The maximum absolute atomic E-state index is 12.7. The van der Waals surface area contributed by atoms with Crippen molar-refractivity contribution in [2.45, 2.75) is 38.9 Å². The summed E-state index contributed by atoms with van der Waals surface area (Å²) in [5.41, 5.74) is 2.27. The number of aryl methyl sites for hydroxylation is 1. The Bertz CT molecular complexity index is 713. The summed E-state index contributed by atoms with van der Waals surface area (Å²) >= 11 is 0. The van der Waals surface area contributed by atoms with E-state index in [9.17, 15) is 9.59 Å². The van der Waals surface area contributed by atoms with E-state index in [1.165, 1.54) is 0 Å². The minimum atomic E-state index is -0.824. The lowest BCUT2D eigenvalue weighted by Crippen LogP contribution is -2.30. The Morgan fingerprint density at radius 2 is 2.14 bits per heavy atom. The number of nitrogens with one attached hydrogen (secondary N) is 1. The number of fused-ring (bicyclic) bond motifs is 1. The van der Waals surface area contributed by atoms with Crippen LogP contribution in [-0.2, 0) is 14.3 Å². The smallest absolute Gasteiger partial charge is 0.335 e. The van der Waals surface area contributed by atoms with Crippen molar-refractivity contribution in [2.24, 2.45) is 0 Å². The zero-order chi connectivity index (χ0) is 15.7. The number of ether oxygens (including phenoxy) is 2. The Morgan fingerprint density at radius 3 is 2.86 bits per heavy atom. The van der Waals surface area contributed by atoms with Crippen molar-refractivity contribution in [2.75, 3.05) is 6.61 Å². The van der Waals surface area contributed by atoms with Crippen LogP contribution < -0.4 is 0 Å². The Balaban J connectivity index is 1.79. The molecule has 0 aliphatic carbocycles. The first-order valence-electron chi connectivity index (χ1n) is 7.51. The number of H-pyrrole nitrogens is 1. The molecule has 5 nitrogen and oxygen atoms in total. The van der Waals surface area contributed by atoms with Gasteiger partial charge >= 0.3 is 5.97 Å². The van der Waals surface area contributed by atoms with Crippen molar-refractivity contribution >= 4 is 22.7 Å². The summed E-state index contributed by atoms with van der Waals surface area (Å²) < 4.78 is 10.6. The van der Waals surface area contributed by atoms with Gasteiger partial charge in [0.25, 0.3) is 0 Å². The molecule has 116 valence electrons. The van der Waals surface area contributed by atoms with Crippen LogP contribution in [0.4, 0.5) is 0 Å². The molecule has 1 fully saturated rings. The lowest BCUT2D eigenvalue weighted by Gasteiger charge is -2.15. The standard InChI is InChI=1S/C17H19NO4/c1-10-15(12-6-3-4-7-13(12)18-10)16(19)11(2)22-17(20)14-8-5-9-21-14/h3-4,6-7,11,14,18H,5,8-9H2,1-2H3/t11-,14-/m1/s1. The molecular weight excluding hydrogens is 282 g/mol. The number of hydrogen-bond donors (Lipinski definition) is 1. The fraction of sp³-hybridized carbons (Fsp3) is 0.412. The third-order valence-corrected chi connectivity index (χ3v) is 3.99. The van der Waals surface area contributed by atoms with Crippen LogP contribution in [0.15, 0.2) is 24.3 Å². The number of benzene rings is 1. The average molecular weight is 301 g/mol. The number of aromatic amines is 1. The molecule has 1 aliphatic heterocycles. The van der Waals surface area contributed by atoms with Crippen LogP contribution in [0.1, 0.15) is 35.8 Å². The molecule has 1 aromatic carbocycles. The van der Waals surface area contributed by atoms with Crippen molar-refractivity contribution in [1.82, 2.24) is 4.98 Å². The van der Waals surface area contributed by atoms with E-state index >= 15 is 0 Å². The van der Waals surface area contributed by atoms with Gasteiger partial charge in [0.05, 0.1) is 0 Å². The minimum absolute atomic E-state index is 0.193. The second kappa shape index (κ2) is 5.93. The number of esters is 1. The van der Waals surface area contributed by atoms with Crippen LogP contribution in [0, 0.1) is 6.92 Å². The largest absolute Gasteiger partial charge is 0.452 e. The number of carbonyl (C=O) groups is 2. The Hall–Kier alpha value is -2.14. The maximum Gasteiger partial charge on any atom is 0.335 e. The van der Waals surface area contributed by atoms with Gasteiger partial charge in [-0.3, -0.25) is 4.79 Å². The van der Waals surface area contributed by atoms with Gasteiger partial charge in [-0.1, -0.05) is 18.2 Å². The van der Waals surface area contributed by atoms with Crippen LogP contribution in [0.3, 0.4) is 0 Å². The van der Waals surface area contributed by atoms with Crippen LogP contribution in [0.2, 0.25) is 0 Å². The normalized spacial score (nSPS) is 19.3. The van der Waals surface area contributed by atoms with Gasteiger partial charge in [-0.2, -0.15) is 0 Å². The number of rotatable bonds is 4. The molecule has 1 saturated heterocycles. The highest BCUT2D eigenvalue weighted by Crippen LogP contribution is 2.24. The highest BCUT2D eigenvalue weighted by Gasteiger charge is 2.30. The topological polar surface area (TPSA) is 68.4 Å². The first kappa shape index (κ1) is 14.8. The van der Waals surface area contributed by atoms with E-state index in [0.717, 1.165) is 23.0 Å². The molecule has 0 unspecified atom stereocenters. The van der Waals surface area contributed by atoms with E-state index in [1.54, 1.807) is 6.92 Å². The number of hydrogen-bond acceptors (Lipinski definition) is 4. The van der Waals surface area contributed by atoms with Crippen molar-refractivity contribution in [3.8, 4) is 0 Å². The second-order valence-corrected chi connectivity index (χ2v) is 5.62. The summed E-state index contributed by atoms with van der Waals surface area (Å²) in [6, 6.07) is 7.60. The third kappa shape index (κ3) is 2.64. The zero-order valence-corrected chi connectivity index (χ0v) is 12.7. The van der Waals surface area contributed by atoms with Gasteiger partial charge < -0.3 is 14.5 Å². The van der Waals surface area contributed by atoms with Crippen molar-refractivity contribution in [3.63, 3.8) is 0 Å². The van der Waals surface area contributed by atoms with E-state index in [-0.39, 0.29) is 5.78 Å². The quantitative estimate of drug-likeness (QED) is 0.696. The van der Waals surface area contributed by atoms with Gasteiger partial charge in [-0.25, -0.2) is 4.79 Å².